The van der Waals surface area contributed by atoms with E-state index < -0.39 is 5.97 Å². The molecule has 1 N–H and O–H groups in total. The SMILES string of the molecule is Cn1c(C(=O)N2CCC[C@H](c3ccc(C(=O)O)cc3)C2)cc2ccccc21. The van der Waals surface area contributed by atoms with Crippen molar-refractivity contribution in [2.24, 2.45) is 7.05 Å². The molecule has 0 aliphatic carbocycles. The standard InChI is InChI=1S/C22H22N2O3/c1-23-19-7-3-2-5-17(19)13-20(23)21(25)24-12-4-6-18(14-24)15-8-10-16(11-9-15)22(26)27/h2-3,5,7-11,13,18H,4,6,12,14H2,1H3,(H,26,27)/t18-/m0/s1. The summed E-state index contributed by atoms with van der Waals surface area (Å²) >= 11 is 0. The molecule has 1 fully saturated rings. The highest BCUT2D eigenvalue weighted by Gasteiger charge is 2.27. The third kappa shape index (κ3) is 3.21. The van der Waals surface area contributed by atoms with Gasteiger partial charge >= 0.3 is 5.97 Å². The second kappa shape index (κ2) is 6.91. The average molecular weight is 362 g/mol. The predicted molar refractivity (Wildman–Crippen MR) is 104 cm³/mol. The molecule has 0 radical (unpaired) electrons. The molecule has 1 aliphatic rings. The van der Waals surface area contributed by atoms with Crippen LogP contribution in [0.5, 0.6) is 0 Å². The molecule has 0 spiro atoms. The van der Waals surface area contributed by atoms with Gasteiger partial charge < -0.3 is 14.6 Å². The lowest BCUT2D eigenvalue weighted by atomic mass is 9.90. The summed E-state index contributed by atoms with van der Waals surface area (Å²) in [5.74, 6) is -0.626. The van der Waals surface area contributed by atoms with E-state index in [0.717, 1.165) is 35.9 Å². The zero-order valence-electron chi connectivity index (χ0n) is 15.3. The Labute approximate surface area is 157 Å². The number of fused-ring (bicyclic) bond motifs is 1. The smallest absolute Gasteiger partial charge is 0.335 e. The van der Waals surface area contributed by atoms with Crippen LogP contribution in [0, 0.1) is 0 Å². The summed E-state index contributed by atoms with van der Waals surface area (Å²) in [5.41, 5.74) is 3.14. The van der Waals surface area contributed by atoms with Gasteiger partial charge in [0.05, 0.1) is 5.56 Å². The molecule has 5 heteroatoms. The normalized spacial score (nSPS) is 17.2. The van der Waals surface area contributed by atoms with Crippen molar-refractivity contribution in [3.63, 3.8) is 0 Å². The van der Waals surface area contributed by atoms with E-state index in [1.165, 1.54) is 0 Å². The highest BCUT2D eigenvalue weighted by atomic mass is 16.4. The Morgan fingerprint density at radius 3 is 2.52 bits per heavy atom. The number of amides is 1. The van der Waals surface area contributed by atoms with Crippen LogP contribution in [0.4, 0.5) is 0 Å². The number of aromatic carboxylic acids is 1. The van der Waals surface area contributed by atoms with Crippen LogP contribution >= 0.6 is 0 Å². The molecule has 138 valence electrons. The second-order valence-corrected chi connectivity index (χ2v) is 7.16. The molecule has 1 aromatic heterocycles. The number of rotatable bonds is 3. The topological polar surface area (TPSA) is 62.5 Å². The number of carbonyl (C=O) groups is 2. The maximum absolute atomic E-state index is 13.1. The highest BCUT2D eigenvalue weighted by molar-refractivity contribution is 5.98. The number of carboxylic acid groups (broad SMARTS) is 1. The average Bonchev–Trinajstić information content (AvgIpc) is 3.04. The van der Waals surface area contributed by atoms with Gasteiger partial charge in [-0.3, -0.25) is 4.79 Å². The molecule has 0 saturated carbocycles. The van der Waals surface area contributed by atoms with Crippen molar-refractivity contribution >= 4 is 22.8 Å². The van der Waals surface area contributed by atoms with E-state index in [0.29, 0.717) is 12.2 Å². The molecule has 1 saturated heterocycles. The summed E-state index contributed by atoms with van der Waals surface area (Å²) in [6.07, 6.45) is 1.95. The fraction of sp³-hybridized carbons (Fsp3) is 0.273. The molecule has 4 rings (SSSR count). The van der Waals surface area contributed by atoms with Crippen LogP contribution in [0.25, 0.3) is 10.9 Å². The van der Waals surface area contributed by atoms with Gasteiger partial charge in [0.1, 0.15) is 5.69 Å². The summed E-state index contributed by atoms with van der Waals surface area (Å²) < 4.78 is 1.96. The van der Waals surface area contributed by atoms with Crippen LogP contribution in [0.2, 0.25) is 0 Å². The first-order valence-corrected chi connectivity index (χ1v) is 9.21. The lowest BCUT2D eigenvalue weighted by Crippen LogP contribution is -2.39. The Morgan fingerprint density at radius 2 is 1.81 bits per heavy atom. The number of hydrogen-bond acceptors (Lipinski definition) is 2. The number of aromatic nitrogens is 1. The predicted octanol–water partition coefficient (Wildman–Crippen LogP) is 3.90. The molecule has 5 nitrogen and oxygen atoms in total. The fourth-order valence-electron chi connectivity index (χ4n) is 3.99. The van der Waals surface area contributed by atoms with Crippen LogP contribution in [0.3, 0.4) is 0 Å². The molecule has 0 bridgehead atoms. The van der Waals surface area contributed by atoms with Crippen LogP contribution in [0.1, 0.15) is 45.2 Å². The number of nitrogens with zero attached hydrogens (tertiary/aromatic N) is 2. The largest absolute Gasteiger partial charge is 0.478 e. The molecule has 2 aromatic carbocycles. The van der Waals surface area contributed by atoms with Crippen molar-refractivity contribution in [1.82, 2.24) is 9.47 Å². The van der Waals surface area contributed by atoms with Crippen molar-refractivity contribution in [2.45, 2.75) is 18.8 Å². The Hall–Kier alpha value is -3.08. The molecule has 27 heavy (non-hydrogen) atoms. The number of para-hydroxylation sites is 1. The number of benzene rings is 2. The van der Waals surface area contributed by atoms with E-state index in [-0.39, 0.29) is 17.4 Å². The molecule has 0 unspecified atom stereocenters. The number of likely N-dealkylation sites (tertiary alicyclic amines) is 1. The molecule has 2 heterocycles. The lowest BCUT2D eigenvalue weighted by molar-refractivity contribution is 0.0691. The van der Waals surface area contributed by atoms with Gasteiger partial charge in [-0.2, -0.15) is 0 Å². The highest BCUT2D eigenvalue weighted by Crippen LogP contribution is 2.29. The van der Waals surface area contributed by atoms with Crippen molar-refractivity contribution in [3.8, 4) is 0 Å². The second-order valence-electron chi connectivity index (χ2n) is 7.16. The van der Waals surface area contributed by atoms with Gasteiger partial charge in [-0.05, 0) is 42.7 Å². The third-order valence-corrected chi connectivity index (χ3v) is 5.51. The minimum absolute atomic E-state index is 0.0561. The summed E-state index contributed by atoms with van der Waals surface area (Å²) in [6.45, 7) is 1.41. The number of hydrogen-bond donors (Lipinski definition) is 1. The van der Waals surface area contributed by atoms with E-state index in [4.69, 9.17) is 5.11 Å². The van der Waals surface area contributed by atoms with Crippen LogP contribution in [-0.2, 0) is 7.05 Å². The Kier molecular flexibility index (Phi) is 4.44. The van der Waals surface area contributed by atoms with Gasteiger partial charge in [0.2, 0.25) is 0 Å². The number of piperidine rings is 1. The number of carbonyl (C=O) groups excluding carboxylic acids is 1. The van der Waals surface area contributed by atoms with Gasteiger partial charge in [-0.1, -0.05) is 30.3 Å². The van der Waals surface area contributed by atoms with E-state index in [2.05, 4.69) is 0 Å². The molecule has 1 aliphatic heterocycles. The van der Waals surface area contributed by atoms with Crippen LogP contribution in [0.15, 0.2) is 54.6 Å². The van der Waals surface area contributed by atoms with E-state index in [1.54, 1.807) is 12.1 Å². The Balaban J connectivity index is 1.56. The van der Waals surface area contributed by atoms with E-state index >= 15 is 0 Å². The zero-order chi connectivity index (χ0) is 19.0. The van der Waals surface area contributed by atoms with Gasteiger partial charge in [-0.25, -0.2) is 4.79 Å². The first-order valence-electron chi connectivity index (χ1n) is 9.21. The summed E-state index contributed by atoms with van der Waals surface area (Å²) in [7, 11) is 1.93. The monoisotopic (exact) mass is 362 g/mol. The van der Waals surface area contributed by atoms with E-state index in [1.807, 2.05) is 59.0 Å². The first-order chi connectivity index (χ1) is 13.0. The number of aryl methyl sites for hydroxylation is 1. The van der Waals surface area contributed by atoms with Gasteiger partial charge in [-0.15, -0.1) is 0 Å². The minimum atomic E-state index is -0.919. The van der Waals surface area contributed by atoms with Gasteiger partial charge in [0, 0.05) is 37.0 Å². The van der Waals surface area contributed by atoms with Crippen molar-refractivity contribution in [2.75, 3.05) is 13.1 Å². The maximum atomic E-state index is 13.1. The molecule has 1 atom stereocenters. The molecular formula is C22H22N2O3. The summed E-state index contributed by atoms with van der Waals surface area (Å²) in [5, 5.41) is 10.1. The quantitative estimate of drug-likeness (QED) is 0.769. The Morgan fingerprint density at radius 1 is 1.07 bits per heavy atom. The van der Waals surface area contributed by atoms with E-state index in [9.17, 15) is 9.59 Å². The van der Waals surface area contributed by atoms with Gasteiger partial charge in [0.25, 0.3) is 5.91 Å². The van der Waals surface area contributed by atoms with Crippen molar-refractivity contribution in [1.29, 1.82) is 0 Å². The third-order valence-electron chi connectivity index (χ3n) is 5.51. The molecular weight excluding hydrogens is 340 g/mol. The summed E-state index contributed by atoms with van der Waals surface area (Å²) in [6, 6.07) is 17.0. The zero-order valence-corrected chi connectivity index (χ0v) is 15.3. The minimum Gasteiger partial charge on any atom is -0.478 e. The lowest BCUT2D eigenvalue weighted by Gasteiger charge is -2.33. The van der Waals surface area contributed by atoms with Crippen LogP contribution < -0.4 is 0 Å². The maximum Gasteiger partial charge on any atom is 0.335 e. The Bertz CT molecular complexity index is 1000. The fourth-order valence-corrected chi connectivity index (χ4v) is 3.99. The molecule has 3 aromatic rings. The first kappa shape index (κ1) is 17.3. The van der Waals surface area contributed by atoms with Crippen molar-refractivity contribution in [3.05, 3.63) is 71.4 Å². The van der Waals surface area contributed by atoms with Crippen molar-refractivity contribution < 1.29 is 14.7 Å². The molecule has 1 amide bonds. The summed E-state index contributed by atoms with van der Waals surface area (Å²) in [4.78, 5) is 26.1. The van der Waals surface area contributed by atoms with Crippen LogP contribution in [-0.4, -0.2) is 39.5 Å². The van der Waals surface area contributed by atoms with Gasteiger partial charge in [0.15, 0.2) is 0 Å². The number of carboxylic acids is 1.